The number of rotatable bonds is 3. The van der Waals surface area contributed by atoms with Crippen molar-refractivity contribution in [3.05, 3.63) is 35.9 Å². The van der Waals surface area contributed by atoms with Gasteiger partial charge in [-0.1, -0.05) is 37.3 Å². The van der Waals surface area contributed by atoms with Crippen LogP contribution in [0, 0.1) is 11.8 Å². The predicted octanol–water partition coefficient (Wildman–Crippen LogP) is 1.70. The van der Waals surface area contributed by atoms with E-state index in [2.05, 4.69) is 12.2 Å². The Balaban J connectivity index is 1.68. The molecule has 1 aliphatic heterocycles. The molecule has 1 saturated heterocycles. The first-order valence-corrected chi connectivity index (χ1v) is 7.94. The van der Waals surface area contributed by atoms with E-state index in [1.54, 1.807) is 4.90 Å². The molecule has 1 aromatic carbocycles. The van der Waals surface area contributed by atoms with Crippen LogP contribution in [0.25, 0.3) is 0 Å². The van der Waals surface area contributed by atoms with Crippen LogP contribution in [0.2, 0.25) is 0 Å². The van der Waals surface area contributed by atoms with Crippen molar-refractivity contribution in [2.45, 2.75) is 31.7 Å². The van der Waals surface area contributed by atoms with Crippen molar-refractivity contribution in [2.24, 2.45) is 17.6 Å². The Morgan fingerprint density at radius 1 is 1.18 bits per heavy atom. The summed E-state index contributed by atoms with van der Waals surface area (Å²) in [6.45, 7) is 3.14. The summed E-state index contributed by atoms with van der Waals surface area (Å²) in [5, 5.41) is 3.06. The zero-order valence-electron chi connectivity index (χ0n) is 12.9. The second-order valence-corrected chi connectivity index (χ2v) is 6.65. The number of hydrogen-bond acceptors (Lipinski definition) is 2. The Bertz CT molecular complexity index is 554. The standard InChI is InChI=1S/C17H23N3O2/c1-11-7-13(8-11)19-17(22)20-9-14(15(10-20)16(18)21)12-5-3-2-4-6-12/h2-6,11,13-15H,7-10H2,1H3,(H2,18,21)(H,19,22)/t11?,13?,14-,15+/m1/s1. The molecule has 0 spiro atoms. The maximum absolute atomic E-state index is 12.4. The average molecular weight is 301 g/mol. The molecule has 0 unspecified atom stereocenters. The van der Waals surface area contributed by atoms with Gasteiger partial charge in [0.05, 0.1) is 5.92 Å². The second kappa shape index (κ2) is 5.99. The van der Waals surface area contributed by atoms with Gasteiger partial charge in [-0.25, -0.2) is 4.79 Å². The maximum Gasteiger partial charge on any atom is 0.317 e. The van der Waals surface area contributed by atoms with Gasteiger partial charge < -0.3 is 16.0 Å². The van der Waals surface area contributed by atoms with Crippen LogP contribution in [0.3, 0.4) is 0 Å². The van der Waals surface area contributed by atoms with Gasteiger partial charge in [-0.15, -0.1) is 0 Å². The van der Waals surface area contributed by atoms with E-state index in [-0.39, 0.29) is 29.8 Å². The summed E-state index contributed by atoms with van der Waals surface area (Å²) < 4.78 is 0. The van der Waals surface area contributed by atoms with E-state index in [0.717, 1.165) is 18.4 Å². The van der Waals surface area contributed by atoms with Crippen molar-refractivity contribution in [2.75, 3.05) is 13.1 Å². The molecule has 1 aliphatic carbocycles. The highest BCUT2D eigenvalue weighted by molar-refractivity contribution is 5.81. The molecule has 3 rings (SSSR count). The highest BCUT2D eigenvalue weighted by atomic mass is 16.2. The van der Waals surface area contributed by atoms with E-state index in [1.807, 2.05) is 30.3 Å². The SMILES string of the molecule is CC1CC(NC(=O)N2C[C@H](C(N)=O)[C@@H](c3ccccc3)C2)C1. The molecule has 1 saturated carbocycles. The zero-order valence-corrected chi connectivity index (χ0v) is 12.9. The average Bonchev–Trinajstić information content (AvgIpc) is 2.92. The van der Waals surface area contributed by atoms with Crippen molar-refractivity contribution in [1.29, 1.82) is 0 Å². The number of benzene rings is 1. The fraction of sp³-hybridized carbons (Fsp3) is 0.529. The van der Waals surface area contributed by atoms with Crippen molar-refractivity contribution < 1.29 is 9.59 Å². The number of amides is 3. The summed E-state index contributed by atoms with van der Waals surface area (Å²) >= 11 is 0. The van der Waals surface area contributed by atoms with Crippen LogP contribution in [-0.4, -0.2) is 36.0 Å². The van der Waals surface area contributed by atoms with Crippen LogP contribution in [0.15, 0.2) is 30.3 Å². The molecule has 0 radical (unpaired) electrons. The van der Waals surface area contributed by atoms with Gasteiger partial charge in [0.25, 0.3) is 0 Å². The number of primary amides is 1. The molecule has 0 aromatic heterocycles. The Hall–Kier alpha value is -2.04. The summed E-state index contributed by atoms with van der Waals surface area (Å²) in [4.78, 5) is 25.8. The largest absolute Gasteiger partial charge is 0.369 e. The molecule has 5 heteroatoms. The Labute approximate surface area is 130 Å². The molecule has 2 fully saturated rings. The van der Waals surface area contributed by atoms with Crippen molar-refractivity contribution in [3.63, 3.8) is 0 Å². The molecule has 22 heavy (non-hydrogen) atoms. The van der Waals surface area contributed by atoms with Gasteiger partial charge in [0.2, 0.25) is 5.91 Å². The van der Waals surface area contributed by atoms with Crippen LogP contribution >= 0.6 is 0 Å². The van der Waals surface area contributed by atoms with Gasteiger partial charge in [-0.05, 0) is 24.3 Å². The molecule has 5 nitrogen and oxygen atoms in total. The Morgan fingerprint density at radius 3 is 2.45 bits per heavy atom. The molecule has 3 N–H and O–H groups in total. The van der Waals surface area contributed by atoms with Crippen molar-refractivity contribution >= 4 is 11.9 Å². The minimum atomic E-state index is -0.332. The minimum Gasteiger partial charge on any atom is -0.369 e. The van der Waals surface area contributed by atoms with Gasteiger partial charge >= 0.3 is 6.03 Å². The van der Waals surface area contributed by atoms with Crippen LogP contribution in [0.4, 0.5) is 4.79 Å². The third-order valence-electron chi connectivity index (χ3n) is 4.90. The zero-order chi connectivity index (χ0) is 15.7. The fourth-order valence-electron chi connectivity index (χ4n) is 3.58. The van der Waals surface area contributed by atoms with E-state index in [1.165, 1.54) is 0 Å². The lowest BCUT2D eigenvalue weighted by Gasteiger charge is -2.34. The smallest absolute Gasteiger partial charge is 0.317 e. The number of nitrogens with one attached hydrogen (secondary N) is 1. The van der Waals surface area contributed by atoms with Crippen LogP contribution < -0.4 is 11.1 Å². The molecule has 3 amide bonds. The topological polar surface area (TPSA) is 75.4 Å². The molecule has 0 bridgehead atoms. The minimum absolute atomic E-state index is 0.00948. The first-order valence-electron chi connectivity index (χ1n) is 7.94. The lowest BCUT2D eigenvalue weighted by Crippen LogP contribution is -2.49. The molecule has 1 aromatic rings. The van der Waals surface area contributed by atoms with E-state index >= 15 is 0 Å². The Kier molecular flexibility index (Phi) is 4.05. The first kappa shape index (κ1) is 14.9. The lowest BCUT2D eigenvalue weighted by atomic mass is 9.82. The number of carbonyl (C=O) groups is 2. The molecule has 1 heterocycles. The quantitative estimate of drug-likeness (QED) is 0.891. The normalized spacial score (nSPS) is 30.7. The summed E-state index contributed by atoms with van der Waals surface area (Å²) in [7, 11) is 0. The number of urea groups is 1. The number of likely N-dealkylation sites (tertiary alicyclic amines) is 1. The monoisotopic (exact) mass is 301 g/mol. The van der Waals surface area contributed by atoms with Gasteiger partial charge in [-0.3, -0.25) is 4.79 Å². The van der Waals surface area contributed by atoms with Crippen LogP contribution in [-0.2, 0) is 4.79 Å². The van der Waals surface area contributed by atoms with Crippen molar-refractivity contribution in [3.8, 4) is 0 Å². The molecular weight excluding hydrogens is 278 g/mol. The number of nitrogens with zero attached hydrogens (tertiary/aromatic N) is 1. The highest BCUT2D eigenvalue weighted by Crippen LogP contribution is 2.33. The van der Waals surface area contributed by atoms with Crippen LogP contribution in [0.1, 0.15) is 31.2 Å². The van der Waals surface area contributed by atoms with E-state index in [4.69, 9.17) is 5.73 Å². The molecule has 118 valence electrons. The Morgan fingerprint density at radius 2 is 1.86 bits per heavy atom. The van der Waals surface area contributed by atoms with E-state index < -0.39 is 0 Å². The molecule has 2 aliphatic rings. The van der Waals surface area contributed by atoms with Gasteiger partial charge in [0.15, 0.2) is 0 Å². The van der Waals surface area contributed by atoms with Crippen LogP contribution in [0.5, 0.6) is 0 Å². The summed E-state index contributed by atoms with van der Waals surface area (Å²) in [6, 6.07) is 10.1. The third-order valence-corrected chi connectivity index (χ3v) is 4.90. The van der Waals surface area contributed by atoms with E-state index in [9.17, 15) is 9.59 Å². The number of carbonyl (C=O) groups excluding carboxylic acids is 2. The number of nitrogens with two attached hydrogens (primary N) is 1. The lowest BCUT2D eigenvalue weighted by molar-refractivity contribution is -0.121. The predicted molar refractivity (Wildman–Crippen MR) is 84.2 cm³/mol. The summed E-state index contributed by atoms with van der Waals surface area (Å²) in [6.07, 6.45) is 2.09. The van der Waals surface area contributed by atoms with E-state index in [0.29, 0.717) is 19.0 Å². The third kappa shape index (κ3) is 2.93. The molecular formula is C17H23N3O2. The van der Waals surface area contributed by atoms with Gasteiger partial charge in [0.1, 0.15) is 0 Å². The van der Waals surface area contributed by atoms with Crippen molar-refractivity contribution in [1.82, 2.24) is 10.2 Å². The number of hydrogen-bond donors (Lipinski definition) is 2. The van der Waals surface area contributed by atoms with Gasteiger partial charge in [0, 0.05) is 25.0 Å². The first-order chi connectivity index (χ1) is 10.5. The second-order valence-electron chi connectivity index (χ2n) is 6.65. The highest BCUT2D eigenvalue weighted by Gasteiger charge is 2.40. The summed E-state index contributed by atoms with van der Waals surface area (Å²) in [5.74, 6) is 0.0407. The fourth-order valence-corrected chi connectivity index (χ4v) is 3.58. The summed E-state index contributed by atoms with van der Waals surface area (Å²) in [5.41, 5.74) is 6.62. The molecule has 2 atom stereocenters. The van der Waals surface area contributed by atoms with Gasteiger partial charge in [-0.2, -0.15) is 0 Å². The maximum atomic E-state index is 12.4.